The number of thiazole rings is 1. The molecule has 0 spiro atoms. The molecule has 0 saturated carbocycles. The van der Waals surface area contributed by atoms with Gasteiger partial charge in [0.05, 0.1) is 24.1 Å². The lowest BCUT2D eigenvalue weighted by Crippen LogP contribution is -2.45. The minimum absolute atomic E-state index is 0.276. The molecule has 0 radical (unpaired) electrons. The van der Waals surface area contributed by atoms with Crippen LogP contribution in [0.2, 0.25) is 0 Å². The van der Waals surface area contributed by atoms with Gasteiger partial charge in [0.25, 0.3) is 0 Å². The van der Waals surface area contributed by atoms with Gasteiger partial charge in [0.15, 0.2) is 0 Å². The maximum atomic E-state index is 5.73. The molecule has 0 amide bonds. The summed E-state index contributed by atoms with van der Waals surface area (Å²) in [7, 11) is 1.96. The van der Waals surface area contributed by atoms with Crippen molar-refractivity contribution in [1.29, 1.82) is 0 Å². The van der Waals surface area contributed by atoms with Crippen LogP contribution in [0.25, 0.3) is 10.7 Å². The fraction of sp³-hybridized carbons (Fsp3) is 0.467. The highest BCUT2D eigenvalue weighted by Crippen LogP contribution is 2.22. The number of nitrogens with zero attached hydrogens (tertiary/aromatic N) is 3. The van der Waals surface area contributed by atoms with Crippen molar-refractivity contribution in [1.82, 2.24) is 20.2 Å². The van der Waals surface area contributed by atoms with Crippen LogP contribution in [0.1, 0.15) is 5.69 Å². The van der Waals surface area contributed by atoms with Crippen molar-refractivity contribution in [3.05, 3.63) is 35.5 Å². The molecule has 1 atom stereocenters. The van der Waals surface area contributed by atoms with E-state index in [-0.39, 0.29) is 6.10 Å². The van der Waals surface area contributed by atoms with Gasteiger partial charge in [-0.25, -0.2) is 4.98 Å². The Morgan fingerprint density at radius 1 is 1.48 bits per heavy atom. The van der Waals surface area contributed by atoms with Gasteiger partial charge in [-0.15, -0.1) is 11.3 Å². The molecule has 1 aliphatic heterocycles. The van der Waals surface area contributed by atoms with Gasteiger partial charge in [-0.1, -0.05) is 6.07 Å². The largest absolute Gasteiger partial charge is 0.374 e. The second-order valence-corrected chi connectivity index (χ2v) is 6.00. The van der Waals surface area contributed by atoms with E-state index in [9.17, 15) is 0 Å². The van der Waals surface area contributed by atoms with Crippen LogP contribution >= 0.6 is 11.3 Å². The van der Waals surface area contributed by atoms with E-state index < -0.39 is 0 Å². The average Bonchev–Trinajstić information content (AvgIpc) is 2.97. The Kier molecular flexibility index (Phi) is 4.92. The van der Waals surface area contributed by atoms with Crippen molar-refractivity contribution in [2.45, 2.75) is 12.6 Å². The zero-order valence-corrected chi connectivity index (χ0v) is 13.0. The first-order valence-electron chi connectivity index (χ1n) is 7.19. The zero-order chi connectivity index (χ0) is 14.5. The Hall–Kier alpha value is -1.34. The Balaban J connectivity index is 1.62. The number of pyridine rings is 1. The van der Waals surface area contributed by atoms with Gasteiger partial charge in [-0.3, -0.25) is 9.88 Å². The molecule has 1 aliphatic rings. The van der Waals surface area contributed by atoms with E-state index in [1.807, 2.05) is 25.2 Å². The lowest BCUT2D eigenvalue weighted by molar-refractivity contribution is -0.0294. The summed E-state index contributed by atoms with van der Waals surface area (Å²) >= 11 is 1.66. The molecule has 112 valence electrons. The third kappa shape index (κ3) is 3.85. The lowest BCUT2D eigenvalue weighted by Gasteiger charge is -2.32. The summed E-state index contributed by atoms with van der Waals surface area (Å²) in [4.78, 5) is 11.5. The summed E-state index contributed by atoms with van der Waals surface area (Å²) in [5.41, 5.74) is 2.06. The number of likely N-dealkylation sites (N-methyl/N-ethyl adjacent to an activating group) is 1. The van der Waals surface area contributed by atoms with Gasteiger partial charge < -0.3 is 10.1 Å². The van der Waals surface area contributed by atoms with Gasteiger partial charge >= 0.3 is 0 Å². The molecule has 0 aromatic carbocycles. The number of nitrogens with one attached hydrogen (secondary N) is 1. The van der Waals surface area contributed by atoms with Gasteiger partial charge in [0.1, 0.15) is 5.01 Å². The number of morpholine rings is 1. The second kappa shape index (κ2) is 7.09. The van der Waals surface area contributed by atoms with E-state index in [0.29, 0.717) is 0 Å². The maximum Gasteiger partial charge on any atom is 0.142 e. The van der Waals surface area contributed by atoms with E-state index in [2.05, 4.69) is 20.6 Å². The highest BCUT2D eigenvalue weighted by molar-refractivity contribution is 7.13. The molecule has 1 fully saturated rings. The van der Waals surface area contributed by atoms with E-state index in [1.165, 1.54) is 0 Å². The fourth-order valence-electron chi connectivity index (χ4n) is 2.49. The average molecular weight is 304 g/mol. The predicted molar refractivity (Wildman–Crippen MR) is 84.3 cm³/mol. The van der Waals surface area contributed by atoms with Crippen molar-refractivity contribution < 1.29 is 4.74 Å². The van der Waals surface area contributed by atoms with Crippen LogP contribution in [0, 0.1) is 0 Å². The van der Waals surface area contributed by atoms with Crippen LogP contribution in [0.15, 0.2) is 29.8 Å². The Morgan fingerprint density at radius 2 is 2.43 bits per heavy atom. The molecule has 21 heavy (non-hydrogen) atoms. The maximum absolute atomic E-state index is 5.73. The highest BCUT2D eigenvalue weighted by atomic mass is 32.1. The third-order valence-corrected chi connectivity index (χ3v) is 4.39. The minimum Gasteiger partial charge on any atom is -0.374 e. The molecule has 1 saturated heterocycles. The second-order valence-electron chi connectivity index (χ2n) is 5.14. The van der Waals surface area contributed by atoms with Crippen LogP contribution in [-0.4, -0.2) is 54.3 Å². The molecule has 0 aliphatic carbocycles. The summed E-state index contributed by atoms with van der Waals surface area (Å²) in [6.45, 7) is 4.50. The van der Waals surface area contributed by atoms with Crippen LogP contribution in [0.3, 0.4) is 0 Å². The Bertz CT molecular complexity index is 558. The molecule has 0 bridgehead atoms. The number of hydrogen-bond acceptors (Lipinski definition) is 6. The van der Waals surface area contributed by atoms with E-state index in [4.69, 9.17) is 9.72 Å². The van der Waals surface area contributed by atoms with Crippen molar-refractivity contribution in [2.75, 3.05) is 33.3 Å². The van der Waals surface area contributed by atoms with Crippen molar-refractivity contribution in [3.8, 4) is 10.7 Å². The number of hydrogen-bond donors (Lipinski definition) is 1. The van der Waals surface area contributed by atoms with Crippen LogP contribution in [0.4, 0.5) is 0 Å². The first kappa shape index (κ1) is 14.6. The van der Waals surface area contributed by atoms with E-state index in [1.54, 1.807) is 17.5 Å². The molecular formula is C15H20N4OS. The van der Waals surface area contributed by atoms with Crippen molar-refractivity contribution in [3.63, 3.8) is 0 Å². The van der Waals surface area contributed by atoms with Gasteiger partial charge in [0.2, 0.25) is 0 Å². The zero-order valence-electron chi connectivity index (χ0n) is 12.2. The first-order valence-corrected chi connectivity index (χ1v) is 8.07. The molecule has 3 heterocycles. The van der Waals surface area contributed by atoms with Crippen LogP contribution < -0.4 is 5.32 Å². The molecule has 1 unspecified atom stereocenters. The van der Waals surface area contributed by atoms with E-state index in [0.717, 1.165) is 49.2 Å². The van der Waals surface area contributed by atoms with E-state index >= 15 is 0 Å². The fourth-order valence-corrected chi connectivity index (χ4v) is 3.28. The number of ether oxygens (including phenoxy) is 1. The van der Waals surface area contributed by atoms with Gasteiger partial charge in [-0.05, 0) is 19.2 Å². The summed E-state index contributed by atoms with van der Waals surface area (Å²) in [6, 6.07) is 5.92. The molecule has 3 rings (SSSR count). The molecule has 2 aromatic heterocycles. The van der Waals surface area contributed by atoms with Crippen molar-refractivity contribution in [2.24, 2.45) is 0 Å². The monoisotopic (exact) mass is 304 g/mol. The summed E-state index contributed by atoms with van der Waals surface area (Å²) in [5, 5.41) is 6.30. The predicted octanol–water partition coefficient (Wildman–Crippen LogP) is 1.63. The van der Waals surface area contributed by atoms with Gasteiger partial charge in [0, 0.05) is 37.8 Å². The van der Waals surface area contributed by atoms with Crippen LogP contribution in [-0.2, 0) is 11.3 Å². The van der Waals surface area contributed by atoms with Crippen molar-refractivity contribution >= 4 is 11.3 Å². The lowest BCUT2D eigenvalue weighted by atomic mass is 10.2. The number of rotatable bonds is 5. The summed E-state index contributed by atoms with van der Waals surface area (Å²) in [6.07, 6.45) is 2.08. The summed E-state index contributed by atoms with van der Waals surface area (Å²) < 4.78 is 5.73. The smallest absolute Gasteiger partial charge is 0.142 e. The summed E-state index contributed by atoms with van der Waals surface area (Å²) in [5.74, 6) is 0. The van der Waals surface area contributed by atoms with Gasteiger partial charge in [-0.2, -0.15) is 0 Å². The molecule has 5 nitrogen and oxygen atoms in total. The van der Waals surface area contributed by atoms with Crippen LogP contribution in [0.5, 0.6) is 0 Å². The number of aromatic nitrogens is 2. The molecular weight excluding hydrogens is 284 g/mol. The first-order chi connectivity index (χ1) is 10.3. The third-order valence-electron chi connectivity index (χ3n) is 3.48. The molecule has 2 aromatic rings. The SMILES string of the molecule is CNCC1CN(Cc2csc(-c3ccccn3)n2)CCO1. The molecule has 6 heteroatoms. The minimum atomic E-state index is 0.276. The standard InChI is InChI=1S/C15H20N4OS/c1-16-8-13-10-19(6-7-20-13)9-12-11-21-15(18-12)14-4-2-3-5-17-14/h2-5,11,13,16H,6-10H2,1H3. The highest BCUT2D eigenvalue weighted by Gasteiger charge is 2.20. The Morgan fingerprint density at radius 3 is 3.24 bits per heavy atom. The Labute approximate surface area is 129 Å². The normalized spacial score (nSPS) is 19.8. The quantitative estimate of drug-likeness (QED) is 0.910. The molecule has 1 N–H and O–H groups in total. The topological polar surface area (TPSA) is 50.3 Å².